The summed E-state index contributed by atoms with van der Waals surface area (Å²) < 4.78 is 5.50. The molecule has 4 nitrogen and oxygen atoms in total. The smallest absolute Gasteiger partial charge is 0.241 e. The number of ether oxygens (including phenoxy) is 1. The molecule has 0 aromatic carbocycles. The highest BCUT2D eigenvalue weighted by Gasteiger charge is 2.46. The Morgan fingerprint density at radius 2 is 2.11 bits per heavy atom. The Morgan fingerprint density at radius 3 is 2.74 bits per heavy atom. The Bertz CT molecular complexity index is 322. The molecule has 2 heterocycles. The van der Waals surface area contributed by atoms with Gasteiger partial charge in [0.2, 0.25) is 5.91 Å². The number of amides is 1. The van der Waals surface area contributed by atoms with E-state index in [1.165, 1.54) is 25.7 Å². The molecule has 0 radical (unpaired) electrons. The van der Waals surface area contributed by atoms with Gasteiger partial charge in [0.05, 0.1) is 24.9 Å². The van der Waals surface area contributed by atoms with Crippen LogP contribution in [0.5, 0.6) is 0 Å². The van der Waals surface area contributed by atoms with Gasteiger partial charge in [0.15, 0.2) is 0 Å². The molecule has 3 aliphatic rings. The van der Waals surface area contributed by atoms with Gasteiger partial charge in [0, 0.05) is 6.61 Å². The van der Waals surface area contributed by atoms with E-state index < -0.39 is 0 Å². The summed E-state index contributed by atoms with van der Waals surface area (Å²) in [5.41, 5.74) is 0. The molecule has 3 unspecified atom stereocenters. The Hall–Kier alpha value is -0.610. The molecule has 2 saturated heterocycles. The van der Waals surface area contributed by atoms with Crippen LogP contribution in [-0.4, -0.2) is 42.3 Å². The van der Waals surface area contributed by atoms with Crippen molar-refractivity contribution in [3.63, 3.8) is 0 Å². The zero-order valence-corrected chi connectivity index (χ0v) is 11.9. The van der Waals surface area contributed by atoms with E-state index in [0.717, 1.165) is 32.5 Å². The van der Waals surface area contributed by atoms with Crippen molar-refractivity contribution in [3.8, 4) is 0 Å². The Balaban J connectivity index is 1.76. The molecule has 0 bridgehead atoms. The van der Waals surface area contributed by atoms with Crippen LogP contribution in [0.4, 0.5) is 0 Å². The number of rotatable bonds is 4. The first-order chi connectivity index (χ1) is 9.31. The third kappa shape index (κ3) is 2.52. The normalized spacial score (nSPS) is 36.6. The summed E-state index contributed by atoms with van der Waals surface area (Å²) >= 11 is 0. The van der Waals surface area contributed by atoms with Gasteiger partial charge in [-0.2, -0.15) is 0 Å². The molecule has 0 aromatic rings. The first-order valence-corrected chi connectivity index (χ1v) is 7.97. The van der Waals surface area contributed by atoms with Crippen molar-refractivity contribution in [1.82, 2.24) is 10.2 Å². The molecule has 1 saturated carbocycles. The van der Waals surface area contributed by atoms with Crippen molar-refractivity contribution in [2.75, 3.05) is 13.2 Å². The van der Waals surface area contributed by atoms with Gasteiger partial charge in [-0.15, -0.1) is 0 Å². The summed E-state index contributed by atoms with van der Waals surface area (Å²) in [5, 5.41) is 3.63. The number of nitrogens with one attached hydrogen (secondary N) is 1. The van der Waals surface area contributed by atoms with Crippen LogP contribution >= 0.6 is 0 Å². The molecular formula is C15H26N2O2. The summed E-state index contributed by atoms with van der Waals surface area (Å²) in [6.45, 7) is 3.70. The zero-order chi connectivity index (χ0) is 13.2. The minimum atomic E-state index is 0.0520. The monoisotopic (exact) mass is 266 g/mol. The highest BCUT2D eigenvalue weighted by atomic mass is 16.5. The molecule has 0 aromatic heterocycles. The first-order valence-electron chi connectivity index (χ1n) is 7.97. The quantitative estimate of drug-likeness (QED) is 0.845. The summed E-state index contributed by atoms with van der Waals surface area (Å²) in [6.07, 6.45) is 8.51. The number of carbonyl (C=O) groups is 1. The molecule has 19 heavy (non-hydrogen) atoms. The van der Waals surface area contributed by atoms with Gasteiger partial charge in [-0.1, -0.05) is 26.2 Å². The Kier molecular flexibility index (Phi) is 4.08. The van der Waals surface area contributed by atoms with Crippen LogP contribution in [0.15, 0.2) is 0 Å². The zero-order valence-electron chi connectivity index (χ0n) is 11.9. The van der Waals surface area contributed by atoms with E-state index in [2.05, 4.69) is 17.1 Å². The lowest BCUT2D eigenvalue weighted by Gasteiger charge is -2.33. The topological polar surface area (TPSA) is 41.6 Å². The highest BCUT2D eigenvalue weighted by Crippen LogP contribution is 2.34. The minimum Gasteiger partial charge on any atom is -0.379 e. The van der Waals surface area contributed by atoms with E-state index in [9.17, 15) is 4.79 Å². The van der Waals surface area contributed by atoms with Crippen LogP contribution in [0.3, 0.4) is 0 Å². The molecule has 3 atom stereocenters. The third-order valence-electron chi connectivity index (χ3n) is 4.95. The second-order valence-corrected chi connectivity index (χ2v) is 6.26. The summed E-state index contributed by atoms with van der Waals surface area (Å²) in [4.78, 5) is 14.8. The fourth-order valence-corrected chi connectivity index (χ4v) is 3.96. The van der Waals surface area contributed by atoms with E-state index >= 15 is 0 Å². The van der Waals surface area contributed by atoms with Crippen LogP contribution in [0.1, 0.15) is 51.9 Å². The molecule has 2 aliphatic heterocycles. The largest absolute Gasteiger partial charge is 0.379 e. The molecular weight excluding hydrogens is 240 g/mol. The molecule has 3 rings (SSSR count). The lowest BCUT2D eigenvalue weighted by molar-refractivity contribution is -0.133. The Morgan fingerprint density at radius 1 is 1.32 bits per heavy atom. The molecule has 0 spiro atoms. The van der Waals surface area contributed by atoms with Crippen LogP contribution < -0.4 is 5.32 Å². The van der Waals surface area contributed by atoms with Crippen molar-refractivity contribution in [2.45, 2.75) is 70.1 Å². The average molecular weight is 266 g/mol. The van der Waals surface area contributed by atoms with Gasteiger partial charge in [0.1, 0.15) is 0 Å². The number of carbonyl (C=O) groups excluding carboxylic acids is 1. The fraction of sp³-hybridized carbons (Fsp3) is 0.933. The van der Waals surface area contributed by atoms with E-state index in [1.807, 2.05) is 0 Å². The van der Waals surface area contributed by atoms with Gasteiger partial charge >= 0.3 is 0 Å². The van der Waals surface area contributed by atoms with Crippen molar-refractivity contribution < 1.29 is 9.53 Å². The molecule has 4 heteroatoms. The van der Waals surface area contributed by atoms with Crippen molar-refractivity contribution >= 4 is 5.91 Å². The van der Waals surface area contributed by atoms with Gasteiger partial charge in [-0.05, 0) is 31.6 Å². The van der Waals surface area contributed by atoms with Crippen LogP contribution in [-0.2, 0) is 9.53 Å². The van der Waals surface area contributed by atoms with E-state index in [-0.39, 0.29) is 12.2 Å². The minimum absolute atomic E-state index is 0.0520. The standard InChI is InChI=1S/C15H26N2O2/c1-2-5-13-15(18)17(12-8-9-19-10-12)14(16-13)11-6-3-4-7-11/h11-14,16H,2-10H2,1H3. The van der Waals surface area contributed by atoms with Crippen LogP contribution in [0.25, 0.3) is 0 Å². The van der Waals surface area contributed by atoms with E-state index in [1.54, 1.807) is 0 Å². The van der Waals surface area contributed by atoms with Crippen LogP contribution in [0.2, 0.25) is 0 Å². The van der Waals surface area contributed by atoms with Crippen molar-refractivity contribution in [3.05, 3.63) is 0 Å². The summed E-state index contributed by atoms with van der Waals surface area (Å²) in [7, 11) is 0. The molecule has 3 fully saturated rings. The van der Waals surface area contributed by atoms with E-state index in [4.69, 9.17) is 4.74 Å². The fourth-order valence-electron chi connectivity index (χ4n) is 3.96. The predicted molar refractivity (Wildman–Crippen MR) is 73.6 cm³/mol. The maximum atomic E-state index is 12.7. The number of nitrogens with zero attached hydrogens (tertiary/aromatic N) is 1. The average Bonchev–Trinajstić information content (AvgIpc) is 3.11. The highest BCUT2D eigenvalue weighted by molar-refractivity contribution is 5.84. The number of hydrogen-bond acceptors (Lipinski definition) is 3. The summed E-state index contributed by atoms with van der Waals surface area (Å²) in [5.74, 6) is 0.987. The van der Waals surface area contributed by atoms with Gasteiger partial charge in [0.25, 0.3) is 0 Å². The van der Waals surface area contributed by atoms with Crippen molar-refractivity contribution in [2.24, 2.45) is 5.92 Å². The van der Waals surface area contributed by atoms with Gasteiger partial charge in [-0.25, -0.2) is 0 Å². The molecule has 108 valence electrons. The lowest BCUT2D eigenvalue weighted by atomic mass is 10.0. The molecule has 1 aliphatic carbocycles. The Labute approximate surface area is 115 Å². The molecule has 1 N–H and O–H groups in total. The maximum Gasteiger partial charge on any atom is 0.241 e. The summed E-state index contributed by atoms with van der Waals surface area (Å²) in [6, 6.07) is 0.364. The van der Waals surface area contributed by atoms with Crippen LogP contribution in [0, 0.1) is 5.92 Å². The maximum absolute atomic E-state index is 12.7. The number of hydrogen-bond donors (Lipinski definition) is 1. The molecule has 1 amide bonds. The van der Waals surface area contributed by atoms with E-state index in [0.29, 0.717) is 17.9 Å². The lowest BCUT2D eigenvalue weighted by Crippen LogP contribution is -2.48. The SMILES string of the molecule is CCCC1NC(C2CCCC2)N(C2CCOC2)C1=O. The van der Waals surface area contributed by atoms with Gasteiger partial charge < -0.3 is 9.64 Å². The predicted octanol–water partition coefficient (Wildman–Crippen LogP) is 1.89. The first kappa shape index (κ1) is 13.4. The second kappa shape index (κ2) is 5.80. The second-order valence-electron chi connectivity index (χ2n) is 6.26. The van der Waals surface area contributed by atoms with Gasteiger partial charge in [-0.3, -0.25) is 10.1 Å². The third-order valence-corrected chi connectivity index (χ3v) is 4.95. The van der Waals surface area contributed by atoms with Crippen molar-refractivity contribution in [1.29, 1.82) is 0 Å².